The van der Waals surface area contributed by atoms with Gasteiger partial charge in [-0.25, -0.2) is 0 Å². The number of aromatic nitrogens is 1. The highest BCUT2D eigenvalue weighted by Gasteiger charge is 2.12. The van der Waals surface area contributed by atoms with Gasteiger partial charge in [-0.05, 0) is 49.8 Å². The van der Waals surface area contributed by atoms with Crippen molar-refractivity contribution in [1.29, 1.82) is 0 Å². The quantitative estimate of drug-likeness (QED) is 0.834. The Morgan fingerprint density at radius 1 is 1.11 bits per heavy atom. The fraction of sp³-hybridized carbons (Fsp3) is 0.529. The molecule has 0 fully saturated rings. The fourth-order valence-electron chi connectivity index (χ4n) is 2.86. The van der Waals surface area contributed by atoms with E-state index in [0.717, 1.165) is 19.4 Å². The summed E-state index contributed by atoms with van der Waals surface area (Å²) >= 11 is 0. The predicted molar refractivity (Wildman–Crippen MR) is 81.7 cm³/mol. The second-order valence-electron chi connectivity index (χ2n) is 5.45. The maximum atomic E-state index is 9.06. The lowest BCUT2D eigenvalue weighted by atomic mass is 10.0. The van der Waals surface area contributed by atoms with Gasteiger partial charge in [0.05, 0.1) is 5.52 Å². The first-order chi connectivity index (χ1) is 9.19. The van der Waals surface area contributed by atoms with E-state index in [2.05, 4.69) is 43.7 Å². The Morgan fingerprint density at radius 2 is 1.84 bits per heavy atom. The number of aliphatic hydroxyl groups excluding tert-OH is 1. The van der Waals surface area contributed by atoms with Gasteiger partial charge in [-0.3, -0.25) is 0 Å². The van der Waals surface area contributed by atoms with Crippen LogP contribution >= 0.6 is 0 Å². The highest BCUT2D eigenvalue weighted by molar-refractivity contribution is 5.89. The molecule has 0 saturated heterocycles. The zero-order chi connectivity index (χ0) is 13.8. The SMILES string of the molecule is CCCCc1cn(CCCO)c2c(C)ccc(C)c12. The van der Waals surface area contributed by atoms with Gasteiger partial charge in [-0.15, -0.1) is 0 Å². The normalized spacial score (nSPS) is 11.4. The Hall–Kier alpha value is -1.28. The fourth-order valence-corrected chi connectivity index (χ4v) is 2.86. The van der Waals surface area contributed by atoms with Crippen LogP contribution in [0.25, 0.3) is 10.9 Å². The smallest absolute Gasteiger partial charge is 0.0515 e. The molecule has 0 aliphatic carbocycles. The molecule has 2 aromatic rings. The molecule has 0 amide bonds. The van der Waals surface area contributed by atoms with Crippen LogP contribution in [-0.2, 0) is 13.0 Å². The van der Waals surface area contributed by atoms with Crippen LogP contribution in [-0.4, -0.2) is 16.3 Å². The Labute approximate surface area is 116 Å². The van der Waals surface area contributed by atoms with Crippen molar-refractivity contribution in [3.63, 3.8) is 0 Å². The predicted octanol–water partition coefficient (Wildman–Crippen LogP) is 3.98. The zero-order valence-electron chi connectivity index (χ0n) is 12.4. The van der Waals surface area contributed by atoms with Crippen molar-refractivity contribution in [2.75, 3.05) is 6.61 Å². The van der Waals surface area contributed by atoms with Gasteiger partial charge in [-0.2, -0.15) is 0 Å². The molecular formula is C17H25NO. The minimum atomic E-state index is 0.259. The van der Waals surface area contributed by atoms with Gasteiger partial charge in [0.15, 0.2) is 0 Å². The molecule has 0 saturated carbocycles. The van der Waals surface area contributed by atoms with Gasteiger partial charge < -0.3 is 9.67 Å². The van der Waals surface area contributed by atoms with Crippen LogP contribution in [0, 0.1) is 13.8 Å². The van der Waals surface area contributed by atoms with Crippen molar-refractivity contribution in [3.05, 3.63) is 35.0 Å². The number of fused-ring (bicyclic) bond motifs is 1. The third-order valence-corrected chi connectivity index (χ3v) is 3.86. The van der Waals surface area contributed by atoms with Crippen LogP contribution in [0.3, 0.4) is 0 Å². The Bertz CT molecular complexity index is 506. The molecule has 0 aliphatic heterocycles. The summed E-state index contributed by atoms with van der Waals surface area (Å²) in [6.07, 6.45) is 6.75. The number of rotatable bonds is 6. The lowest BCUT2D eigenvalue weighted by Crippen LogP contribution is -1.99. The number of hydrogen-bond acceptors (Lipinski definition) is 1. The number of aryl methyl sites for hydroxylation is 4. The van der Waals surface area contributed by atoms with Gasteiger partial charge in [0, 0.05) is 24.7 Å². The Kier molecular flexibility index (Phi) is 4.65. The molecule has 19 heavy (non-hydrogen) atoms. The van der Waals surface area contributed by atoms with E-state index in [1.165, 1.54) is 40.4 Å². The maximum absolute atomic E-state index is 9.06. The van der Waals surface area contributed by atoms with E-state index in [1.807, 2.05) is 0 Å². The molecule has 1 aromatic heterocycles. The summed E-state index contributed by atoms with van der Waals surface area (Å²) in [6.45, 7) is 7.79. The number of hydrogen-bond donors (Lipinski definition) is 1. The number of benzene rings is 1. The summed E-state index contributed by atoms with van der Waals surface area (Å²) in [4.78, 5) is 0. The minimum absolute atomic E-state index is 0.259. The van der Waals surface area contributed by atoms with E-state index in [9.17, 15) is 0 Å². The molecule has 0 aliphatic rings. The second kappa shape index (κ2) is 6.25. The van der Waals surface area contributed by atoms with E-state index in [4.69, 9.17) is 5.11 Å². The molecule has 104 valence electrons. The number of unbranched alkanes of at least 4 members (excludes halogenated alkanes) is 1. The first-order valence-electron chi connectivity index (χ1n) is 7.37. The number of nitrogens with zero attached hydrogens (tertiary/aromatic N) is 1. The highest BCUT2D eigenvalue weighted by atomic mass is 16.3. The molecule has 0 radical (unpaired) electrons. The molecule has 2 heteroatoms. The van der Waals surface area contributed by atoms with Crippen molar-refractivity contribution >= 4 is 10.9 Å². The first-order valence-corrected chi connectivity index (χ1v) is 7.37. The zero-order valence-corrected chi connectivity index (χ0v) is 12.4. The molecular weight excluding hydrogens is 234 g/mol. The van der Waals surface area contributed by atoms with Crippen molar-refractivity contribution in [2.45, 2.75) is 53.0 Å². The summed E-state index contributed by atoms with van der Waals surface area (Å²) in [5.41, 5.74) is 5.53. The van der Waals surface area contributed by atoms with E-state index < -0.39 is 0 Å². The van der Waals surface area contributed by atoms with Crippen molar-refractivity contribution < 1.29 is 5.11 Å². The largest absolute Gasteiger partial charge is 0.396 e. The van der Waals surface area contributed by atoms with Crippen LogP contribution in [0.4, 0.5) is 0 Å². The summed E-state index contributed by atoms with van der Waals surface area (Å²) in [6, 6.07) is 4.43. The van der Waals surface area contributed by atoms with Crippen LogP contribution in [0.1, 0.15) is 42.9 Å². The van der Waals surface area contributed by atoms with Crippen molar-refractivity contribution in [1.82, 2.24) is 4.57 Å². The average molecular weight is 259 g/mol. The standard InChI is InChI=1S/C17H25NO/c1-4-5-7-15-12-18(10-6-11-19)17-14(3)9-8-13(2)16(15)17/h8-9,12,19H,4-7,10-11H2,1-3H3. The molecule has 1 heterocycles. The van der Waals surface area contributed by atoms with E-state index >= 15 is 0 Å². The Balaban J connectivity index is 2.52. The Morgan fingerprint density at radius 3 is 2.53 bits per heavy atom. The lowest BCUT2D eigenvalue weighted by molar-refractivity contribution is 0.280. The third-order valence-electron chi connectivity index (χ3n) is 3.86. The van der Waals surface area contributed by atoms with Crippen molar-refractivity contribution in [2.24, 2.45) is 0 Å². The molecule has 0 bridgehead atoms. The number of aliphatic hydroxyl groups is 1. The molecule has 0 spiro atoms. The third kappa shape index (κ3) is 2.84. The average Bonchev–Trinajstić information content (AvgIpc) is 2.78. The monoisotopic (exact) mass is 259 g/mol. The van der Waals surface area contributed by atoms with Gasteiger partial charge >= 0.3 is 0 Å². The van der Waals surface area contributed by atoms with E-state index in [1.54, 1.807) is 0 Å². The molecule has 0 atom stereocenters. The maximum Gasteiger partial charge on any atom is 0.0515 e. The highest BCUT2D eigenvalue weighted by Crippen LogP contribution is 2.29. The molecule has 0 unspecified atom stereocenters. The summed E-state index contributed by atoms with van der Waals surface area (Å²) in [5, 5.41) is 10.5. The van der Waals surface area contributed by atoms with Crippen LogP contribution < -0.4 is 0 Å². The van der Waals surface area contributed by atoms with Gasteiger partial charge in [-0.1, -0.05) is 25.5 Å². The van der Waals surface area contributed by atoms with Crippen LogP contribution in [0.2, 0.25) is 0 Å². The first kappa shape index (κ1) is 14.1. The summed E-state index contributed by atoms with van der Waals surface area (Å²) in [7, 11) is 0. The van der Waals surface area contributed by atoms with Crippen molar-refractivity contribution in [3.8, 4) is 0 Å². The summed E-state index contributed by atoms with van der Waals surface area (Å²) in [5.74, 6) is 0. The van der Waals surface area contributed by atoms with Crippen LogP contribution in [0.15, 0.2) is 18.3 Å². The van der Waals surface area contributed by atoms with Gasteiger partial charge in [0.2, 0.25) is 0 Å². The van der Waals surface area contributed by atoms with Gasteiger partial charge in [0.1, 0.15) is 0 Å². The van der Waals surface area contributed by atoms with E-state index in [0.29, 0.717) is 0 Å². The van der Waals surface area contributed by atoms with E-state index in [-0.39, 0.29) is 6.61 Å². The molecule has 2 rings (SSSR count). The second-order valence-corrected chi connectivity index (χ2v) is 5.45. The molecule has 1 N–H and O–H groups in total. The minimum Gasteiger partial charge on any atom is -0.396 e. The topological polar surface area (TPSA) is 25.2 Å². The lowest BCUT2D eigenvalue weighted by Gasteiger charge is -2.07. The van der Waals surface area contributed by atoms with Gasteiger partial charge in [0.25, 0.3) is 0 Å². The molecule has 2 nitrogen and oxygen atoms in total. The summed E-state index contributed by atoms with van der Waals surface area (Å²) < 4.78 is 2.33. The van der Waals surface area contributed by atoms with Crippen LogP contribution in [0.5, 0.6) is 0 Å². The molecule has 1 aromatic carbocycles.